The number of hydrogen-bond acceptors (Lipinski definition) is 4. The first kappa shape index (κ1) is 20.2. The number of piperidine rings is 1. The van der Waals surface area contributed by atoms with Gasteiger partial charge in [-0.05, 0) is 39.9 Å². The first-order chi connectivity index (χ1) is 9.83. The van der Waals surface area contributed by atoms with Crippen LogP contribution in [0.3, 0.4) is 0 Å². The van der Waals surface area contributed by atoms with Gasteiger partial charge in [-0.3, -0.25) is 0 Å². The minimum absolute atomic E-state index is 0.149. The second-order valence-electron chi connectivity index (χ2n) is 6.44. The van der Waals surface area contributed by atoms with Crippen molar-refractivity contribution < 1.29 is 9.53 Å². The molecule has 0 saturated carbocycles. The van der Waals surface area contributed by atoms with Crippen LogP contribution in [-0.4, -0.2) is 68.8 Å². The number of likely N-dealkylation sites (N-methyl/N-ethyl adjacent to an activating group) is 1. The SMILES string of the molecule is CC.CC(C)COC(=O)NC1(CN(C)C)CCN(C)CC1. The lowest BCUT2D eigenvalue weighted by molar-refractivity contribution is 0.0902. The first-order valence-corrected chi connectivity index (χ1v) is 8.11. The Kier molecular flexibility index (Phi) is 9.62. The van der Waals surface area contributed by atoms with E-state index in [1.165, 1.54) is 0 Å². The molecule has 1 heterocycles. The Hall–Kier alpha value is -0.810. The van der Waals surface area contributed by atoms with Crippen LogP contribution in [0.4, 0.5) is 4.79 Å². The molecular weight excluding hydrogens is 266 g/mol. The van der Waals surface area contributed by atoms with Crippen molar-refractivity contribution in [2.45, 2.75) is 46.1 Å². The standard InChI is InChI=1S/C14H29N3O2.C2H6/c1-12(2)10-19-13(18)15-14(11-16(3)4)6-8-17(5)9-7-14;1-2/h12H,6-11H2,1-5H3,(H,15,18);1-2H3. The van der Waals surface area contributed by atoms with E-state index in [0.29, 0.717) is 12.5 Å². The molecule has 1 N–H and O–H groups in total. The molecule has 0 aromatic carbocycles. The minimum Gasteiger partial charge on any atom is -0.449 e. The molecule has 0 aromatic heterocycles. The molecule has 21 heavy (non-hydrogen) atoms. The lowest BCUT2D eigenvalue weighted by Gasteiger charge is -2.42. The van der Waals surface area contributed by atoms with Gasteiger partial charge in [-0.15, -0.1) is 0 Å². The molecule has 5 nitrogen and oxygen atoms in total. The van der Waals surface area contributed by atoms with Gasteiger partial charge in [0.25, 0.3) is 0 Å². The highest BCUT2D eigenvalue weighted by Gasteiger charge is 2.36. The molecule has 126 valence electrons. The van der Waals surface area contributed by atoms with Crippen molar-refractivity contribution in [3.05, 3.63) is 0 Å². The molecule has 1 saturated heterocycles. The van der Waals surface area contributed by atoms with Crippen molar-refractivity contribution in [2.24, 2.45) is 5.92 Å². The Balaban J connectivity index is 0.00000191. The molecule has 0 spiro atoms. The summed E-state index contributed by atoms with van der Waals surface area (Å²) in [7, 11) is 6.21. The van der Waals surface area contributed by atoms with Gasteiger partial charge in [-0.1, -0.05) is 27.7 Å². The number of carbonyl (C=O) groups is 1. The summed E-state index contributed by atoms with van der Waals surface area (Å²) in [4.78, 5) is 16.4. The van der Waals surface area contributed by atoms with Crippen LogP contribution in [0.25, 0.3) is 0 Å². The zero-order valence-corrected chi connectivity index (χ0v) is 15.0. The Morgan fingerprint density at radius 3 is 2.24 bits per heavy atom. The largest absolute Gasteiger partial charge is 0.449 e. The van der Waals surface area contributed by atoms with Crippen LogP contribution in [0.15, 0.2) is 0 Å². The van der Waals surface area contributed by atoms with Gasteiger partial charge >= 0.3 is 6.09 Å². The number of alkyl carbamates (subject to hydrolysis) is 1. The molecule has 0 aromatic rings. The molecule has 0 bridgehead atoms. The smallest absolute Gasteiger partial charge is 0.407 e. The number of amides is 1. The quantitative estimate of drug-likeness (QED) is 0.847. The average molecular weight is 301 g/mol. The number of nitrogens with one attached hydrogen (secondary N) is 1. The maximum atomic E-state index is 11.9. The molecular formula is C16H35N3O2. The fraction of sp³-hybridized carbons (Fsp3) is 0.938. The van der Waals surface area contributed by atoms with E-state index in [2.05, 4.69) is 22.2 Å². The molecule has 1 aliphatic heterocycles. The normalized spacial score (nSPS) is 18.1. The number of carbonyl (C=O) groups excluding carboxylic acids is 1. The molecule has 1 amide bonds. The van der Waals surface area contributed by atoms with Crippen molar-refractivity contribution in [3.8, 4) is 0 Å². The third-order valence-electron chi connectivity index (χ3n) is 3.48. The zero-order valence-electron chi connectivity index (χ0n) is 15.0. The molecule has 0 atom stereocenters. The van der Waals surface area contributed by atoms with Crippen LogP contribution in [0.1, 0.15) is 40.5 Å². The summed E-state index contributed by atoms with van der Waals surface area (Å²) >= 11 is 0. The summed E-state index contributed by atoms with van der Waals surface area (Å²) in [6, 6.07) is 0. The van der Waals surface area contributed by atoms with Gasteiger partial charge in [0, 0.05) is 19.6 Å². The topological polar surface area (TPSA) is 44.8 Å². The lowest BCUT2D eigenvalue weighted by Crippen LogP contribution is -2.59. The van der Waals surface area contributed by atoms with E-state index in [0.717, 1.165) is 32.5 Å². The molecule has 1 fully saturated rings. The molecule has 1 rings (SSSR count). The first-order valence-electron chi connectivity index (χ1n) is 8.11. The highest BCUT2D eigenvalue weighted by atomic mass is 16.5. The van der Waals surface area contributed by atoms with Crippen LogP contribution in [0, 0.1) is 5.92 Å². The third kappa shape index (κ3) is 8.27. The van der Waals surface area contributed by atoms with Gasteiger partial charge in [0.1, 0.15) is 0 Å². The fourth-order valence-electron chi connectivity index (χ4n) is 2.47. The van der Waals surface area contributed by atoms with Crippen LogP contribution in [0.2, 0.25) is 0 Å². The van der Waals surface area contributed by atoms with Gasteiger partial charge in [0.2, 0.25) is 0 Å². The van der Waals surface area contributed by atoms with Gasteiger partial charge in [-0.2, -0.15) is 0 Å². The van der Waals surface area contributed by atoms with E-state index in [-0.39, 0.29) is 11.6 Å². The Bertz CT molecular complexity index is 285. The van der Waals surface area contributed by atoms with E-state index in [1.54, 1.807) is 0 Å². The summed E-state index contributed by atoms with van der Waals surface area (Å²) < 4.78 is 5.26. The molecule has 0 radical (unpaired) electrons. The number of rotatable bonds is 5. The van der Waals surface area contributed by atoms with Crippen LogP contribution < -0.4 is 5.32 Å². The maximum Gasteiger partial charge on any atom is 0.407 e. The third-order valence-corrected chi connectivity index (χ3v) is 3.48. The Labute approximate surface area is 131 Å². The monoisotopic (exact) mass is 301 g/mol. The summed E-state index contributed by atoms with van der Waals surface area (Å²) in [5, 5.41) is 3.11. The number of nitrogens with zero attached hydrogens (tertiary/aromatic N) is 2. The van der Waals surface area contributed by atoms with Crippen molar-refractivity contribution in [2.75, 3.05) is 47.4 Å². The zero-order chi connectivity index (χ0) is 16.5. The van der Waals surface area contributed by atoms with Gasteiger partial charge in [0.15, 0.2) is 0 Å². The van der Waals surface area contributed by atoms with E-state index in [1.807, 2.05) is 41.8 Å². The second kappa shape index (κ2) is 10.0. The Morgan fingerprint density at radius 2 is 1.81 bits per heavy atom. The lowest BCUT2D eigenvalue weighted by atomic mass is 9.87. The van der Waals surface area contributed by atoms with E-state index in [4.69, 9.17) is 4.74 Å². The van der Waals surface area contributed by atoms with Gasteiger partial charge < -0.3 is 19.9 Å². The van der Waals surface area contributed by atoms with E-state index < -0.39 is 0 Å². The molecule has 5 heteroatoms. The second-order valence-corrected chi connectivity index (χ2v) is 6.44. The molecule has 1 aliphatic rings. The predicted molar refractivity (Wildman–Crippen MR) is 88.7 cm³/mol. The molecule has 0 unspecified atom stereocenters. The van der Waals surface area contributed by atoms with Crippen molar-refractivity contribution in [3.63, 3.8) is 0 Å². The number of likely N-dealkylation sites (tertiary alicyclic amines) is 1. The van der Waals surface area contributed by atoms with E-state index >= 15 is 0 Å². The summed E-state index contributed by atoms with van der Waals surface area (Å²) in [5.41, 5.74) is -0.149. The fourth-order valence-corrected chi connectivity index (χ4v) is 2.47. The van der Waals surface area contributed by atoms with Crippen LogP contribution in [-0.2, 0) is 4.74 Å². The summed E-state index contributed by atoms with van der Waals surface area (Å²) in [6.45, 7) is 11.4. The molecule has 0 aliphatic carbocycles. The van der Waals surface area contributed by atoms with Gasteiger partial charge in [0.05, 0.1) is 12.1 Å². The predicted octanol–water partition coefficient (Wildman–Crippen LogP) is 2.42. The maximum absolute atomic E-state index is 11.9. The van der Waals surface area contributed by atoms with Crippen LogP contribution >= 0.6 is 0 Å². The summed E-state index contributed by atoms with van der Waals surface area (Å²) in [6.07, 6.45) is 1.66. The average Bonchev–Trinajstić information content (AvgIpc) is 2.41. The highest BCUT2D eigenvalue weighted by molar-refractivity contribution is 5.68. The summed E-state index contributed by atoms with van der Waals surface area (Å²) in [5.74, 6) is 0.369. The minimum atomic E-state index is -0.278. The van der Waals surface area contributed by atoms with Crippen LogP contribution in [0.5, 0.6) is 0 Å². The van der Waals surface area contributed by atoms with Gasteiger partial charge in [-0.25, -0.2) is 4.79 Å². The van der Waals surface area contributed by atoms with Crippen molar-refractivity contribution >= 4 is 6.09 Å². The number of hydrogen-bond donors (Lipinski definition) is 1. The van der Waals surface area contributed by atoms with Crippen molar-refractivity contribution in [1.82, 2.24) is 15.1 Å². The Morgan fingerprint density at radius 1 is 1.29 bits per heavy atom. The van der Waals surface area contributed by atoms with E-state index in [9.17, 15) is 4.79 Å². The number of ether oxygens (including phenoxy) is 1. The highest BCUT2D eigenvalue weighted by Crippen LogP contribution is 2.22. The van der Waals surface area contributed by atoms with Crippen molar-refractivity contribution in [1.29, 1.82) is 0 Å².